The van der Waals surface area contributed by atoms with E-state index in [0.29, 0.717) is 6.04 Å². The zero-order valence-corrected chi connectivity index (χ0v) is 7.97. The summed E-state index contributed by atoms with van der Waals surface area (Å²) in [6, 6.07) is 0.575. The average molecular weight is 183 g/mol. The normalized spacial score (nSPS) is 23.2. The Morgan fingerprint density at radius 1 is 1.75 bits per heavy atom. The van der Waals surface area contributed by atoms with Crippen LogP contribution in [0.15, 0.2) is 6.20 Å². The van der Waals surface area contributed by atoms with Gasteiger partial charge in [0.25, 0.3) is 0 Å². The van der Waals surface area contributed by atoms with Crippen molar-refractivity contribution in [2.24, 2.45) is 0 Å². The molecule has 0 bridgehead atoms. The van der Waals surface area contributed by atoms with Crippen LogP contribution >= 0.6 is 11.8 Å². The predicted molar refractivity (Wildman–Crippen MR) is 52.4 cm³/mol. The van der Waals surface area contributed by atoms with Crippen LogP contribution in [0.3, 0.4) is 0 Å². The van der Waals surface area contributed by atoms with Crippen LogP contribution in [-0.4, -0.2) is 21.3 Å². The van der Waals surface area contributed by atoms with Crippen molar-refractivity contribution in [2.75, 3.05) is 17.2 Å². The lowest BCUT2D eigenvalue weighted by atomic mass is 10.3. The van der Waals surface area contributed by atoms with Crippen LogP contribution in [0.25, 0.3) is 0 Å². The summed E-state index contributed by atoms with van der Waals surface area (Å²) in [4.78, 5) is 0. The van der Waals surface area contributed by atoms with Gasteiger partial charge in [-0.3, -0.25) is 4.68 Å². The van der Waals surface area contributed by atoms with Gasteiger partial charge in [-0.25, -0.2) is 0 Å². The van der Waals surface area contributed by atoms with E-state index < -0.39 is 0 Å². The third kappa shape index (κ3) is 1.31. The van der Waals surface area contributed by atoms with E-state index in [9.17, 15) is 0 Å². The molecule has 66 valence electrons. The number of nitrogens with zero attached hydrogens (tertiary/aromatic N) is 2. The minimum absolute atomic E-state index is 0.575. The largest absolute Gasteiger partial charge is 0.396 e. The van der Waals surface area contributed by atoms with E-state index >= 15 is 0 Å². The van der Waals surface area contributed by atoms with Crippen molar-refractivity contribution in [1.82, 2.24) is 9.78 Å². The van der Waals surface area contributed by atoms with Crippen LogP contribution < -0.4 is 5.73 Å². The maximum Gasteiger partial charge on any atom is 0.0823 e. The lowest BCUT2D eigenvalue weighted by molar-refractivity contribution is 0.499. The second-order valence-electron chi connectivity index (χ2n) is 3.17. The van der Waals surface area contributed by atoms with Gasteiger partial charge in [0.1, 0.15) is 0 Å². The fourth-order valence-corrected chi connectivity index (χ4v) is 2.61. The maximum absolute atomic E-state index is 5.72. The summed E-state index contributed by atoms with van der Waals surface area (Å²) in [5, 5.41) is 4.37. The first-order valence-corrected chi connectivity index (χ1v) is 5.32. The maximum atomic E-state index is 5.72. The van der Waals surface area contributed by atoms with Crippen molar-refractivity contribution in [3.63, 3.8) is 0 Å². The molecule has 2 heterocycles. The smallest absolute Gasteiger partial charge is 0.0823 e. The minimum Gasteiger partial charge on any atom is -0.396 e. The first-order chi connectivity index (χ1) is 5.77. The van der Waals surface area contributed by atoms with E-state index in [2.05, 4.69) is 5.10 Å². The van der Waals surface area contributed by atoms with Gasteiger partial charge >= 0.3 is 0 Å². The molecule has 0 aromatic carbocycles. The highest BCUT2D eigenvalue weighted by atomic mass is 32.2. The molecule has 0 saturated carbocycles. The molecule has 2 N–H and O–H groups in total. The zero-order chi connectivity index (χ0) is 8.55. The van der Waals surface area contributed by atoms with Gasteiger partial charge in [-0.15, -0.1) is 0 Å². The fraction of sp³-hybridized carbons (Fsp3) is 0.625. The van der Waals surface area contributed by atoms with E-state index in [4.69, 9.17) is 5.73 Å². The lowest BCUT2D eigenvalue weighted by Gasteiger charge is -2.07. The Morgan fingerprint density at radius 3 is 3.08 bits per heavy atom. The molecule has 1 atom stereocenters. The Bertz CT molecular complexity index is 256. The van der Waals surface area contributed by atoms with Gasteiger partial charge in [-0.05, 0) is 19.1 Å². The summed E-state index contributed by atoms with van der Waals surface area (Å²) in [5.74, 6) is 2.43. The molecule has 1 unspecified atom stereocenters. The van der Waals surface area contributed by atoms with Gasteiger partial charge in [-0.1, -0.05) is 0 Å². The highest BCUT2D eigenvalue weighted by molar-refractivity contribution is 7.99. The molecule has 0 amide bonds. The Morgan fingerprint density at radius 2 is 2.58 bits per heavy atom. The summed E-state index contributed by atoms with van der Waals surface area (Å²) >= 11 is 1.99. The van der Waals surface area contributed by atoms with Crippen molar-refractivity contribution >= 4 is 17.4 Å². The Kier molecular flexibility index (Phi) is 2.00. The number of nitrogen functional groups attached to an aromatic ring is 1. The van der Waals surface area contributed by atoms with Gasteiger partial charge in [0.15, 0.2) is 0 Å². The van der Waals surface area contributed by atoms with Crippen molar-refractivity contribution in [3.8, 4) is 0 Å². The quantitative estimate of drug-likeness (QED) is 0.716. The van der Waals surface area contributed by atoms with Crippen LogP contribution in [0.1, 0.15) is 18.2 Å². The van der Waals surface area contributed by atoms with E-state index in [1.807, 2.05) is 29.6 Å². The van der Waals surface area contributed by atoms with E-state index in [1.54, 1.807) is 0 Å². The Labute approximate surface area is 76.3 Å². The molecule has 0 radical (unpaired) electrons. The molecule has 1 fully saturated rings. The molecule has 1 aromatic heterocycles. The van der Waals surface area contributed by atoms with Crippen LogP contribution in [0.4, 0.5) is 5.69 Å². The molecule has 2 rings (SSSR count). The second-order valence-corrected chi connectivity index (χ2v) is 4.32. The molecule has 4 heteroatoms. The predicted octanol–water partition coefficient (Wildman–Crippen LogP) is 1.45. The molecule has 12 heavy (non-hydrogen) atoms. The van der Waals surface area contributed by atoms with Crippen molar-refractivity contribution in [2.45, 2.75) is 19.4 Å². The fourth-order valence-electron chi connectivity index (χ4n) is 1.41. The summed E-state index contributed by atoms with van der Waals surface area (Å²) in [6.45, 7) is 1.95. The van der Waals surface area contributed by atoms with Crippen molar-refractivity contribution in [1.29, 1.82) is 0 Å². The number of hydrogen-bond donors (Lipinski definition) is 1. The molecule has 0 aliphatic carbocycles. The minimum atomic E-state index is 0.575. The number of rotatable bonds is 1. The molecule has 1 saturated heterocycles. The number of thioether (sulfide) groups is 1. The summed E-state index contributed by atoms with van der Waals surface area (Å²) in [5.41, 5.74) is 7.48. The summed E-state index contributed by atoms with van der Waals surface area (Å²) in [6.07, 6.45) is 3.18. The zero-order valence-electron chi connectivity index (χ0n) is 7.16. The third-order valence-corrected chi connectivity index (χ3v) is 3.38. The number of aryl methyl sites for hydroxylation is 1. The lowest BCUT2D eigenvalue weighted by Crippen LogP contribution is -2.08. The van der Waals surface area contributed by atoms with Crippen LogP contribution in [0.5, 0.6) is 0 Å². The SMILES string of the molecule is Cc1nn(C2CCSC2)cc1N. The van der Waals surface area contributed by atoms with Gasteiger partial charge < -0.3 is 5.73 Å². The van der Waals surface area contributed by atoms with Gasteiger partial charge in [0.2, 0.25) is 0 Å². The molecular weight excluding hydrogens is 170 g/mol. The van der Waals surface area contributed by atoms with E-state index in [0.717, 1.165) is 11.4 Å². The Balaban J connectivity index is 2.21. The topological polar surface area (TPSA) is 43.8 Å². The average Bonchev–Trinajstić information content (AvgIpc) is 2.61. The number of anilines is 1. The van der Waals surface area contributed by atoms with E-state index in [1.165, 1.54) is 17.9 Å². The third-order valence-electron chi connectivity index (χ3n) is 2.23. The molecule has 1 aliphatic rings. The number of aromatic nitrogens is 2. The molecular formula is C8H13N3S. The first kappa shape index (κ1) is 7.98. The van der Waals surface area contributed by atoms with E-state index in [-0.39, 0.29) is 0 Å². The number of hydrogen-bond acceptors (Lipinski definition) is 3. The van der Waals surface area contributed by atoms with Gasteiger partial charge in [0, 0.05) is 11.9 Å². The van der Waals surface area contributed by atoms with Gasteiger partial charge in [-0.2, -0.15) is 16.9 Å². The van der Waals surface area contributed by atoms with Crippen LogP contribution in [-0.2, 0) is 0 Å². The standard InChI is InChI=1S/C8H13N3S/c1-6-8(9)4-11(10-6)7-2-3-12-5-7/h4,7H,2-3,5,9H2,1H3. The molecule has 1 aliphatic heterocycles. The molecule has 3 nitrogen and oxygen atoms in total. The van der Waals surface area contributed by atoms with Crippen LogP contribution in [0, 0.1) is 6.92 Å². The highest BCUT2D eigenvalue weighted by Gasteiger charge is 2.18. The monoisotopic (exact) mass is 183 g/mol. The molecule has 0 spiro atoms. The summed E-state index contributed by atoms with van der Waals surface area (Å²) in [7, 11) is 0. The van der Waals surface area contributed by atoms with Gasteiger partial charge in [0.05, 0.1) is 17.4 Å². The summed E-state index contributed by atoms with van der Waals surface area (Å²) < 4.78 is 2.02. The molecule has 1 aromatic rings. The second kappa shape index (κ2) is 3.01. The van der Waals surface area contributed by atoms with Crippen LogP contribution in [0.2, 0.25) is 0 Å². The Hall–Kier alpha value is -0.640. The van der Waals surface area contributed by atoms with Crippen molar-refractivity contribution in [3.05, 3.63) is 11.9 Å². The van der Waals surface area contributed by atoms with Crippen molar-refractivity contribution < 1.29 is 0 Å². The first-order valence-electron chi connectivity index (χ1n) is 4.16. The highest BCUT2D eigenvalue weighted by Crippen LogP contribution is 2.28. The number of nitrogens with two attached hydrogens (primary N) is 1.